The van der Waals surface area contributed by atoms with E-state index in [0.717, 1.165) is 16.9 Å². The number of benzene rings is 2. The fourth-order valence-corrected chi connectivity index (χ4v) is 2.32. The zero-order valence-electron chi connectivity index (χ0n) is 12.7. The Bertz CT molecular complexity index is 738. The van der Waals surface area contributed by atoms with Crippen LogP contribution in [0.3, 0.4) is 0 Å². The van der Waals surface area contributed by atoms with Crippen LogP contribution in [0.4, 0.5) is 0 Å². The van der Waals surface area contributed by atoms with Crippen molar-refractivity contribution in [1.82, 2.24) is 9.97 Å². The number of hydrogen-bond donors (Lipinski definition) is 1. The van der Waals surface area contributed by atoms with Gasteiger partial charge in [-0.3, -0.25) is 0 Å². The van der Waals surface area contributed by atoms with Crippen LogP contribution in [0.15, 0.2) is 48.5 Å². The molecule has 0 aliphatic carbocycles. The average molecular weight is 276 g/mol. The van der Waals surface area contributed by atoms with Gasteiger partial charge in [0, 0.05) is 0 Å². The van der Waals surface area contributed by atoms with Crippen molar-refractivity contribution >= 4 is 23.2 Å². The second-order valence-electron chi connectivity index (χ2n) is 6.34. The molecule has 0 fully saturated rings. The summed E-state index contributed by atoms with van der Waals surface area (Å²) < 4.78 is 0. The number of aromatic amines is 1. The third-order valence-electron chi connectivity index (χ3n) is 3.62. The Morgan fingerprint density at radius 1 is 0.905 bits per heavy atom. The average Bonchev–Trinajstić information content (AvgIpc) is 2.87. The van der Waals surface area contributed by atoms with Crippen molar-refractivity contribution in [2.75, 3.05) is 0 Å². The summed E-state index contributed by atoms with van der Waals surface area (Å²) >= 11 is 0. The molecule has 2 aromatic carbocycles. The van der Waals surface area contributed by atoms with Crippen molar-refractivity contribution in [2.45, 2.75) is 26.2 Å². The van der Waals surface area contributed by atoms with Crippen LogP contribution in [-0.2, 0) is 5.41 Å². The van der Waals surface area contributed by atoms with Gasteiger partial charge in [0.2, 0.25) is 0 Å². The van der Waals surface area contributed by atoms with Gasteiger partial charge in [-0.1, -0.05) is 63.2 Å². The van der Waals surface area contributed by atoms with Gasteiger partial charge < -0.3 is 4.98 Å². The number of nitrogens with one attached hydrogen (secondary N) is 1. The molecule has 1 N–H and O–H groups in total. The lowest BCUT2D eigenvalue weighted by atomic mass is 9.87. The quantitative estimate of drug-likeness (QED) is 0.698. The highest BCUT2D eigenvalue weighted by Gasteiger charge is 2.12. The minimum Gasteiger partial charge on any atom is -0.338 e. The van der Waals surface area contributed by atoms with E-state index in [-0.39, 0.29) is 5.41 Å². The van der Waals surface area contributed by atoms with Crippen molar-refractivity contribution in [3.05, 3.63) is 65.5 Å². The molecular formula is C19H20N2. The first kappa shape index (κ1) is 13.6. The van der Waals surface area contributed by atoms with E-state index < -0.39 is 0 Å². The third kappa shape index (κ3) is 3.05. The number of aromatic nitrogens is 2. The summed E-state index contributed by atoms with van der Waals surface area (Å²) in [5.74, 6) is 0.885. The standard InChI is InChI=1S/C19H20N2/c1-19(2,3)15-11-8-14(9-12-15)10-13-18-20-16-6-4-5-7-17(16)21-18/h4-13H,1-3H3,(H,20,21). The smallest absolute Gasteiger partial charge is 0.131 e. The van der Waals surface area contributed by atoms with Gasteiger partial charge in [-0.25, -0.2) is 4.98 Å². The Morgan fingerprint density at radius 3 is 2.29 bits per heavy atom. The molecule has 0 unspecified atom stereocenters. The number of hydrogen-bond acceptors (Lipinski definition) is 1. The van der Waals surface area contributed by atoms with Gasteiger partial charge in [-0.2, -0.15) is 0 Å². The fourth-order valence-electron chi connectivity index (χ4n) is 2.32. The predicted octanol–water partition coefficient (Wildman–Crippen LogP) is 5.03. The van der Waals surface area contributed by atoms with Crippen LogP contribution in [0.1, 0.15) is 37.7 Å². The molecule has 2 heteroatoms. The highest BCUT2D eigenvalue weighted by molar-refractivity contribution is 5.78. The fraction of sp³-hybridized carbons (Fsp3) is 0.211. The number of fused-ring (bicyclic) bond motifs is 1. The molecule has 0 spiro atoms. The summed E-state index contributed by atoms with van der Waals surface area (Å²) in [6.45, 7) is 6.69. The molecule has 3 rings (SSSR count). The van der Waals surface area contributed by atoms with Gasteiger partial charge in [-0.05, 0) is 34.8 Å². The normalized spacial score (nSPS) is 12.3. The Kier molecular flexibility index (Phi) is 3.38. The van der Waals surface area contributed by atoms with Gasteiger partial charge in [-0.15, -0.1) is 0 Å². The van der Waals surface area contributed by atoms with E-state index in [9.17, 15) is 0 Å². The molecule has 0 atom stereocenters. The maximum atomic E-state index is 4.54. The second kappa shape index (κ2) is 5.21. The molecule has 106 valence electrons. The summed E-state index contributed by atoms with van der Waals surface area (Å²) in [6, 6.07) is 16.8. The van der Waals surface area contributed by atoms with Gasteiger partial charge in [0.15, 0.2) is 0 Å². The maximum Gasteiger partial charge on any atom is 0.131 e. The third-order valence-corrected chi connectivity index (χ3v) is 3.62. The van der Waals surface area contributed by atoms with E-state index in [1.807, 2.05) is 30.3 Å². The molecule has 1 heterocycles. The molecule has 2 nitrogen and oxygen atoms in total. The van der Waals surface area contributed by atoms with E-state index >= 15 is 0 Å². The molecule has 1 aromatic heterocycles. The van der Waals surface area contributed by atoms with E-state index in [2.05, 4.69) is 61.1 Å². The molecular weight excluding hydrogens is 256 g/mol. The van der Waals surface area contributed by atoms with E-state index in [4.69, 9.17) is 0 Å². The lowest BCUT2D eigenvalue weighted by Gasteiger charge is -2.18. The Labute approximate surface area is 125 Å². The number of para-hydroxylation sites is 2. The van der Waals surface area contributed by atoms with Gasteiger partial charge >= 0.3 is 0 Å². The lowest BCUT2D eigenvalue weighted by Crippen LogP contribution is -2.10. The molecule has 0 saturated carbocycles. The molecule has 21 heavy (non-hydrogen) atoms. The summed E-state index contributed by atoms with van der Waals surface area (Å²) in [7, 11) is 0. The van der Waals surface area contributed by atoms with Gasteiger partial charge in [0.25, 0.3) is 0 Å². The number of rotatable bonds is 2. The number of H-pyrrole nitrogens is 1. The summed E-state index contributed by atoms with van der Waals surface area (Å²) in [5.41, 5.74) is 4.80. The number of nitrogens with zero attached hydrogens (tertiary/aromatic N) is 1. The highest BCUT2D eigenvalue weighted by Crippen LogP contribution is 2.22. The van der Waals surface area contributed by atoms with Crippen LogP contribution < -0.4 is 0 Å². The van der Waals surface area contributed by atoms with E-state index in [0.29, 0.717) is 0 Å². The first-order valence-corrected chi connectivity index (χ1v) is 7.26. The van der Waals surface area contributed by atoms with Crippen LogP contribution in [-0.4, -0.2) is 9.97 Å². The van der Waals surface area contributed by atoms with E-state index in [1.165, 1.54) is 11.1 Å². The topological polar surface area (TPSA) is 28.7 Å². The van der Waals surface area contributed by atoms with Crippen molar-refractivity contribution in [1.29, 1.82) is 0 Å². The predicted molar refractivity (Wildman–Crippen MR) is 90.2 cm³/mol. The minimum atomic E-state index is 0.195. The van der Waals surface area contributed by atoms with Crippen molar-refractivity contribution in [3.63, 3.8) is 0 Å². The Balaban J connectivity index is 1.82. The van der Waals surface area contributed by atoms with Crippen molar-refractivity contribution in [2.24, 2.45) is 0 Å². The lowest BCUT2D eigenvalue weighted by molar-refractivity contribution is 0.590. The zero-order valence-corrected chi connectivity index (χ0v) is 12.7. The summed E-state index contributed by atoms with van der Waals surface area (Å²) in [6.07, 6.45) is 4.11. The molecule has 0 amide bonds. The number of imidazole rings is 1. The Morgan fingerprint density at radius 2 is 1.62 bits per heavy atom. The summed E-state index contributed by atoms with van der Waals surface area (Å²) in [4.78, 5) is 7.85. The van der Waals surface area contributed by atoms with Crippen LogP contribution in [0.25, 0.3) is 23.2 Å². The zero-order chi connectivity index (χ0) is 14.9. The molecule has 3 aromatic rings. The molecule has 0 aliphatic heterocycles. The van der Waals surface area contributed by atoms with E-state index in [1.54, 1.807) is 0 Å². The Hall–Kier alpha value is -2.35. The molecule has 0 aliphatic rings. The summed E-state index contributed by atoms with van der Waals surface area (Å²) in [5, 5.41) is 0. The SMILES string of the molecule is CC(C)(C)c1ccc(C=Cc2nc3ccccc3[nH]2)cc1. The first-order valence-electron chi connectivity index (χ1n) is 7.26. The van der Waals surface area contributed by atoms with Crippen molar-refractivity contribution in [3.8, 4) is 0 Å². The first-order chi connectivity index (χ1) is 10.0. The van der Waals surface area contributed by atoms with Gasteiger partial charge in [0.05, 0.1) is 11.0 Å². The monoisotopic (exact) mass is 276 g/mol. The maximum absolute atomic E-state index is 4.54. The van der Waals surface area contributed by atoms with Crippen LogP contribution in [0.2, 0.25) is 0 Å². The van der Waals surface area contributed by atoms with Gasteiger partial charge in [0.1, 0.15) is 5.82 Å². The van der Waals surface area contributed by atoms with Crippen LogP contribution in [0.5, 0.6) is 0 Å². The highest BCUT2D eigenvalue weighted by atomic mass is 14.9. The molecule has 0 bridgehead atoms. The van der Waals surface area contributed by atoms with Crippen LogP contribution in [0, 0.1) is 0 Å². The second-order valence-corrected chi connectivity index (χ2v) is 6.34. The molecule has 0 radical (unpaired) electrons. The van der Waals surface area contributed by atoms with Crippen molar-refractivity contribution < 1.29 is 0 Å². The van der Waals surface area contributed by atoms with Crippen LogP contribution >= 0.6 is 0 Å². The largest absolute Gasteiger partial charge is 0.338 e. The minimum absolute atomic E-state index is 0.195. The molecule has 0 saturated heterocycles.